The number of nitrogens with two attached hydrogens (primary N) is 3. The minimum absolute atomic E-state index is 0.198. The molecule has 0 bridgehead atoms. The molecule has 0 spiro atoms. The molecule has 0 aliphatic heterocycles. The molecule has 0 aromatic heterocycles. The van der Waals surface area contributed by atoms with Crippen LogP contribution >= 0.6 is 0 Å². The van der Waals surface area contributed by atoms with Gasteiger partial charge in [0.25, 0.3) is 0 Å². The zero-order valence-electron chi connectivity index (χ0n) is 20.5. The van der Waals surface area contributed by atoms with Gasteiger partial charge < -0.3 is 43.4 Å². The van der Waals surface area contributed by atoms with Gasteiger partial charge in [-0.05, 0) is 63.6 Å². The van der Waals surface area contributed by atoms with Crippen molar-refractivity contribution in [2.24, 2.45) is 17.2 Å². The molecular weight excluding hydrogens is 468 g/mol. The monoisotopic (exact) mass is 508 g/mol. The third kappa shape index (κ3) is 11.6. The first-order chi connectivity index (χ1) is 17.2. The van der Waals surface area contributed by atoms with E-state index in [2.05, 4.69) is 16.0 Å². The average Bonchev–Trinajstić information content (AvgIpc) is 2.86. The number of hydrogen-bond donors (Lipinski definition) is 8. The smallest absolute Gasteiger partial charge is 0.328 e. The quantitative estimate of drug-likeness (QED) is 0.106. The van der Waals surface area contributed by atoms with Gasteiger partial charge in [0.2, 0.25) is 17.7 Å². The number of benzene rings is 1. The Hall–Kier alpha value is -3.06. The van der Waals surface area contributed by atoms with Crippen molar-refractivity contribution in [3.8, 4) is 0 Å². The largest absolute Gasteiger partial charge is 0.480 e. The fourth-order valence-corrected chi connectivity index (χ4v) is 3.49. The summed E-state index contributed by atoms with van der Waals surface area (Å²) in [7, 11) is 0. The van der Waals surface area contributed by atoms with Gasteiger partial charge in [0.05, 0.1) is 12.6 Å². The SMILES string of the molecule is NCCCCC(NC(=O)C(N)Cc1ccccc1)C(=O)NC(CCCCN)C(=O)NC(CO)C(=O)O. The number of nitrogens with one attached hydrogen (secondary N) is 3. The molecular formula is C24H40N6O6. The minimum atomic E-state index is -1.51. The second-order valence-corrected chi connectivity index (χ2v) is 8.57. The molecule has 0 fully saturated rings. The summed E-state index contributed by atoms with van der Waals surface area (Å²) in [5, 5.41) is 25.8. The molecule has 1 aromatic rings. The minimum Gasteiger partial charge on any atom is -0.480 e. The molecule has 1 rings (SSSR count). The van der Waals surface area contributed by atoms with Crippen molar-refractivity contribution in [1.82, 2.24) is 16.0 Å². The fraction of sp³-hybridized carbons (Fsp3) is 0.583. The zero-order valence-corrected chi connectivity index (χ0v) is 20.5. The van der Waals surface area contributed by atoms with Crippen LogP contribution in [0.3, 0.4) is 0 Å². The molecule has 202 valence electrons. The van der Waals surface area contributed by atoms with Crippen molar-refractivity contribution in [3.63, 3.8) is 0 Å². The fourth-order valence-electron chi connectivity index (χ4n) is 3.49. The first kappa shape index (κ1) is 31.0. The molecule has 0 heterocycles. The first-order valence-corrected chi connectivity index (χ1v) is 12.2. The average molecular weight is 509 g/mol. The normalized spacial score (nSPS) is 14.2. The highest BCUT2D eigenvalue weighted by Gasteiger charge is 2.29. The van der Waals surface area contributed by atoms with Crippen molar-refractivity contribution in [3.05, 3.63) is 35.9 Å². The van der Waals surface area contributed by atoms with E-state index in [0.29, 0.717) is 38.8 Å². The number of hydrogen-bond acceptors (Lipinski definition) is 8. The molecule has 12 heteroatoms. The van der Waals surface area contributed by atoms with Crippen molar-refractivity contribution >= 4 is 23.7 Å². The first-order valence-electron chi connectivity index (χ1n) is 12.2. The Kier molecular flexibility index (Phi) is 15.0. The molecule has 3 amide bonds. The summed E-state index contributed by atoms with van der Waals surface area (Å²) >= 11 is 0. The van der Waals surface area contributed by atoms with Gasteiger partial charge in [0.15, 0.2) is 0 Å². The van der Waals surface area contributed by atoms with E-state index in [9.17, 15) is 24.3 Å². The van der Waals surface area contributed by atoms with E-state index >= 15 is 0 Å². The van der Waals surface area contributed by atoms with Crippen LogP contribution in [0.2, 0.25) is 0 Å². The van der Waals surface area contributed by atoms with E-state index in [4.69, 9.17) is 22.3 Å². The maximum Gasteiger partial charge on any atom is 0.328 e. The second kappa shape index (κ2) is 17.4. The Morgan fingerprint density at radius 2 is 1.22 bits per heavy atom. The van der Waals surface area contributed by atoms with E-state index in [1.54, 1.807) is 0 Å². The summed E-state index contributed by atoms with van der Waals surface area (Å²) < 4.78 is 0. The highest BCUT2D eigenvalue weighted by Crippen LogP contribution is 2.07. The van der Waals surface area contributed by atoms with Gasteiger partial charge in [-0.25, -0.2) is 4.79 Å². The summed E-state index contributed by atoms with van der Waals surface area (Å²) in [5.74, 6) is -3.27. The van der Waals surface area contributed by atoms with Gasteiger partial charge in [-0.1, -0.05) is 30.3 Å². The molecule has 0 radical (unpaired) electrons. The van der Waals surface area contributed by atoms with Crippen LogP contribution in [0.25, 0.3) is 0 Å². The van der Waals surface area contributed by atoms with E-state index in [1.807, 2.05) is 30.3 Å². The maximum absolute atomic E-state index is 13.1. The molecule has 12 nitrogen and oxygen atoms in total. The number of carbonyl (C=O) groups is 4. The standard InChI is InChI=1S/C24H40N6O6/c25-12-6-4-10-18(28-21(32)17(27)14-16-8-2-1-3-9-16)22(33)29-19(11-5-7-13-26)23(34)30-20(15-31)24(35)36/h1-3,8-9,17-20,31H,4-7,10-15,25-27H2,(H,28,32)(H,29,33)(H,30,34)(H,35,36). The van der Waals surface area contributed by atoms with E-state index < -0.39 is 54.5 Å². The third-order valence-corrected chi connectivity index (χ3v) is 5.59. The molecule has 1 aromatic carbocycles. The number of rotatable bonds is 18. The van der Waals surface area contributed by atoms with Gasteiger partial charge >= 0.3 is 5.97 Å². The molecule has 36 heavy (non-hydrogen) atoms. The summed E-state index contributed by atoms with van der Waals surface area (Å²) in [4.78, 5) is 49.8. The van der Waals surface area contributed by atoms with Crippen LogP contribution in [-0.4, -0.2) is 77.8 Å². The van der Waals surface area contributed by atoms with Crippen LogP contribution in [0, 0.1) is 0 Å². The van der Waals surface area contributed by atoms with Gasteiger partial charge in [-0.15, -0.1) is 0 Å². The molecule has 0 saturated heterocycles. The van der Waals surface area contributed by atoms with Gasteiger partial charge in [0.1, 0.15) is 18.1 Å². The van der Waals surface area contributed by atoms with Crippen LogP contribution < -0.4 is 33.2 Å². The lowest BCUT2D eigenvalue weighted by atomic mass is 10.0. The molecule has 4 unspecified atom stereocenters. The van der Waals surface area contributed by atoms with Crippen molar-refractivity contribution < 1.29 is 29.4 Å². The number of carboxylic acids is 1. The molecule has 0 aliphatic rings. The number of carboxylic acid groups (broad SMARTS) is 1. The van der Waals surface area contributed by atoms with Crippen molar-refractivity contribution in [2.75, 3.05) is 19.7 Å². The Morgan fingerprint density at radius 1 is 0.750 bits per heavy atom. The Labute approximate surface area is 211 Å². The van der Waals surface area contributed by atoms with E-state index in [1.165, 1.54) is 0 Å². The summed E-state index contributed by atoms with van der Waals surface area (Å²) in [6, 6.07) is 4.78. The number of aliphatic hydroxyl groups excluding tert-OH is 1. The number of aliphatic carboxylic acids is 1. The Balaban J connectivity index is 2.93. The molecule has 0 saturated carbocycles. The van der Waals surface area contributed by atoms with Gasteiger partial charge in [-0.2, -0.15) is 0 Å². The van der Waals surface area contributed by atoms with E-state index in [-0.39, 0.29) is 19.3 Å². The lowest BCUT2D eigenvalue weighted by Gasteiger charge is -2.25. The second-order valence-electron chi connectivity index (χ2n) is 8.57. The highest BCUT2D eigenvalue weighted by atomic mass is 16.4. The molecule has 0 aliphatic carbocycles. The third-order valence-electron chi connectivity index (χ3n) is 5.59. The highest BCUT2D eigenvalue weighted by molar-refractivity contribution is 5.94. The van der Waals surface area contributed by atoms with Crippen LogP contribution in [0.1, 0.15) is 44.1 Å². The summed E-state index contributed by atoms with van der Waals surface area (Å²) in [5.41, 5.74) is 18.0. The molecule has 4 atom stereocenters. The maximum atomic E-state index is 13.1. The topological polar surface area (TPSA) is 223 Å². The van der Waals surface area contributed by atoms with Crippen molar-refractivity contribution in [2.45, 2.75) is 69.1 Å². The lowest BCUT2D eigenvalue weighted by Crippen LogP contribution is -2.57. The number of amides is 3. The lowest BCUT2D eigenvalue weighted by molar-refractivity contribution is -0.143. The number of carbonyl (C=O) groups excluding carboxylic acids is 3. The Morgan fingerprint density at radius 3 is 1.67 bits per heavy atom. The number of unbranched alkanes of at least 4 members (excludes halogenated alkanes) is 2. The van der Waals surface area contributed by atoms with Gasteiger partial charge in [-0.3, -0.25) is 14.4 Å². The molecule has 11 N–H and O–H groups in total. The van der Waals surface area contributed by atoms with Crippen LogP contribution in [0.4, 0.5) is 0 Å². The summed E-state index contributed by atoms with van der Waals surface area (Å²) in [6.45, 7) is -0.00692. The van der Waals surface area contributed by atoms with Crippen molar-refractivity contribution in [1.29, 1.82) is 0 Å². The van der Waals surface area contributed by atoms with Crippen LogP contribution in [-0.2, 0) is 25.6 Å². The number of aliphatic hydroxyl groups is 1. The predicted molar refractivity (Wildman–Crippen MR) is 134 cm³/mol. The van der Waals surface area contributed by atoms with Gasteiger partial charge in [0, 0.05) is 0 Å². The van der Waals surface area contributed by atoms with Crippen LogP contribution in [0.15, 0.2) is 30.3 Å². The Bertz CT molecular complexity index is 825. The van der Waals surface area contributed by atoms with E-state index in [0.717, 1.165) is 5.56 Å². The zero-order chi connectivity index (χ0) is 26.9. The predicted octanol–water partition coefficient (Wildman–Crippen LogP) is -1.65. The van der Waals surface area contributed by atoms with Crippen LogP contribution in [0.5, 0.6) is 0 Å². The summed E-state index contributed by atoms with van der Waals surface area (Å²) in [6.07, 6.45) is 3.03.